The van der Waals surface area contributed by atoms with Crippen molar-refractivity contribution in [3.8, 4) is 0 Å². The van der Waals surface area contributed by atoms with E-state index in [2.05, 4.69) is 9.80 Å². The van der Waals surface area contributed by atoms with E-state index in [-0.39, 0.29) is 11.9 Å². The highest BCUT2D eigenvalue weighted by molar-refractivity contribution is 5.99. The van der Waals surface area contributed by atoms with Crippen LogP contribution in [0.4, 0.5) is 5.69 Å². The monoisotopic (exact) mass is 343 g/mol. The third-order valence-corrected chi connectivity index (χ3v) is 5.98. The highest BCUT2D eigenvalue weighted by atomic mass is 16.5. The zero-order valence-corrected chi connectivity index (χ0v) is 15.0. The van der Waals surface area contributed by atoms with E-state index in [0.717, 1.165) is 58.0 Å². The van der Waals surface area contributed by atoms with E-state index in [1.807, 2.05) is 35.2 Å². The predicted molar refractivity (Wildman–Crippen MR) is 98.8 cm³/mol. The van der Waals surface area contributed by atoms with E-state index >= 15 is 0 Å². The second kappa shape index (κ2) is 7.85. The van der Waals surface area contributed by atoms with Gasteiger partial charge in [0.25, 0.3) is 0 Å². The largest absolute Gasteiger partial charge is 0.379 e. The van der Waals surface area contributed by atoms with Gasteiger partial charge in [-0.15, -0.1) is 0 Å². The summed E-state index contributed by atoms with van der Waals surface area (Å²) in [6.07, 6.45) is 4.57. The number of ether oxygens (including phenoxy) is 1. The number of hydrogen-bond donors (Lipinski definition) is 0. The van der Waals surface area contributed by atoms with Crippen LogP contribution < -0.4 is 4.90 Å². The Balaban J connectivity index is 1.37. The summed E-state index contributed by atoms with van der Waals surface area (Å²) in [5.74, 6) is 0.288. The van der Waals surface area contributed by atoms with Crippen LogP contribution in [0, 0.1) is 0 Å². The summed E-state index contributed by atoms with van der Waals surface area (Å²) in [6, 6.07) is 10.8. The average Bonchev–Trinajstić information content (AvgIpc) is 2.90. The molecule has 1 amide bonds. The Bertz CT molecular complexity index is 574. The molecule has 0 aliphatic carbocycles. The van der Waals surface area contributed by atoms with Crippen molar-refractivity contribution in [3.05, 3.63) is 30.3 Å². The van der Waals surface area contributed by atoms with Gasteiger partial charge in [0.2, 0.25) is 5.91 Å². The second-order valence-electron chi connectivity index (χ2n) is 7.40. The molecule has 3 heterocycles. The lowest BCUT2D eigenvalue weighted by atomic mass is 10.1. The molecule has 0 bridgehead atoms. The lowest BCUT2D eigenvalue weighted by molar-refractivity contribution is -0.121. The fourth-order valence-corrected chi connectivity index (χ4v) is 4.59. The minimum absolute atomic E-state index is 0.0728. The molecule has 2 atom stereocenters. The van der Waals surface area contributed by atoms with Crippen molar-refractivity contribution in [1.82, 2.24) is 9.80 Å². The fraction of sp³-hybridized carbons (Fsp3) is 0.650. The van der Waals surface area contributed by atoms with Crippen LogP contribution in [0.1, 0.15) is 25.7 Å². The number of carbonyl (C=O) groups excluding carboxylic acids is 1. The molecular formula is C20H29N3O2. The Kier molecular flexibility index (Phi) is 5.34. The Hall–Kier alpha value is -1.43. The quantitative estimate of drug-likeness (QED) is 0.841. The molecule has 0 spiro atoms. The zero-order valence-electron chi connectivity index (χ0n) is 15.0. The van der Waals surface area contributed by atoms with E-state index in [0.29, 0.717) is 6.04 Å². The minimum Gasteiger partial charge on any atom is -0.379 e. The van der Waals surface area contributed by atoms with Crippen molar-refractivity contribution in [2.75, 3.05) is 50.8 Å². The van der Waals surface area contributed by atoms with Crippen LogP contribution in [0.2, 0.25) is 0 Å². The number of para-hydroxylation sites is 1. The predicted octanol–water partition coefficient (Wildman–Crippen LogP) is 1.98. The van der Waals surface area contributed by atoms with Gasteiger partial charge in [0, 0.05) is 37.9 Å². The summed E-state index contributed by atoms with van der Waals surface area (Å²) in [4.78, 5) is 20.0. The molecule has 25 heavy (non-hydrogen) atoms. The average molecular weight is 343 g/mol. The van der Waals surface area contributed by atoms with Crippen molar-refractivity contribution in [3.63, 3.8) is 0 Å². The molecule has 0 N–H and O–H groups in total. The molecule has 136 valence electrons. The molecule has 5 heteroatoms. The highest BCUT2D eigenvalue weighted by Gasteiger charge is 2.37. The van der Waals surface area contributed by atoms with Gasteiger partial charge in [0.1, 0.15) is 0 Å². The third-order valence-electron chi connectivity index (χ3n) is 5.98. The first-order valence-electron chi connectivity index (χ1n) is 9.75. The maximum Gasteiger partial charge on any atom is 0.244 e. The molecule has 0 aromatic heterocycles. The standard InChI is InChI=1S/C20H29N3O2/c24-20-19(9-12-23(20)18-5-2-1-3-6-18)22-10-4-7-17(8-11-22)21-13-15-25-16-14-21/h1-3,5-6,17,19H,4,7-16H2/t17-,19-/m1/s1. The molecule has 4 rings (SSSR count). The van der Waals surface area contributed by atoms with Crippen LogP contribution in [0.3, 0.4) is 0 Å². The van der Waals surface area contributed by atoms with Crippen LogP contribution in [-0.4, -0.2) is 73.7 Å². The van der Waals surface area contributed by atoms with Crippen LogP contribution in [0.25, 0.3) is 0 Å². The van der Waals surface area contributed by atoms with E-state index < -0.39 is 0 Å². The van der Waals surface area contributed by atoms with E-state index in [1.165, 1.54) is 19.3 Å². The Morgan fingerprint density at radius 1 is 0.840 bits per heavy atom. The number of rotatable bonds is 3. The maximum absolute atomic E-state index is 13.0. The summed E-state index contributed by atoms with van der Waals surface area (Å²) in [7, 11) is 0. The van der Waals surface area contributed by atoms with Gasteiger partial charge in [-0.05, 0) is 44.4 Å². The van der Waals surface area contributed by atoms with Gasteiger partial charge in [-0.1, -0.05) is 18.2 Å². The molecule has 0 unspecified atom stereocenters. The smallest absolute Gasteiger partial charge is 0.244 e. The number of benzene rings is 1. The van der Waals surface area contributed by atoms with Gasteiger partial charge in [-0.2, -0.15) is 0 Å². The molecule has 3 saturated heterocycles. The number of morpholine rings is 1. The molecule has 3 aliphatic heterocycles. The van der Waals surface area contributed by atoms with Crippen LogP contribution >= 0.6 is 0 Å². The molecule has 0 saturated carbocycles. The van der Waals surface area contributed by atoms with Gasteiger partial charge >= 0.3 is 0 Å². The first-order valence-corrected chi connectivity index (χ1v) is 9.75. The Morgan fingerprint density at radius 3 is 2.44 bits per heavy atom. The van der Waals surface area contributed by atoms with Gasteiger partial charge in [0.05, 0.1) is 19.3 Å². The van der Waals surface area contributed by atoms with E-state index in [9.17, 15) is 4.79 Å². The van der Waals surface area contributed by atoms with Crippen molar-refractivity contribution < 1.29 is 9.53 Å². The number of likely N-dealkylation sites (tertiary alicyclic amines) is 1. The second-order valence-corrected chi connectivity index (χ2v) is 7.40. The minimum atomic E-state index is 0.0728. The molecular weight excluding hydrogens is 314 g/mol. The molecule has 3 aliphatic rings. The normalized spacial score (nSPS) is 29.8. The first-order chi connectivity index (χ1) is 12.3. The summed E-state index contributed by atoms with van der Waals surface area (Å²) < 4.78 is 5.49. The lowest BCUT2D eigenvalue weighted by Crippen LogP contribution is -2.45. The SMILES string of the molecule is O=C1[C@H](N2CCC[C@@H](N3CCOCC3)CC2)CCN1c1ccccc1. The van der Waals surface area contributed by atoms with Crippen LogP contribution in [-0.2, 0) is 9.53 Å². The maximum atomic E-state index is 13.0. The van der Waals surface area contributed by atoms with Crippen molar-refractivity contribution in [2.24, 2.45) is 0 Å². The van der Waals surface area contributed by atoms with E-state index in [1.54, 1.807) is 0 Å². The van der Waals surface area contributed by atoms with Crippen molar-refractivity contribution in [2.45, 2.75) is 37.8 Å². The van der Waals surface area contributed by atoms with Crippen molar-refractivity contribution in [1.29, 1.82) is 0 Å². The molecule has 5 nitrogen and oxygen atoms in total. The lowest BCUT2D eigenvalue weighted by Gasteiger charge is -2.34. The summed E-state index contributed by atoms with van der Waals surface area (Å²) in [5, 5.41) is 0. The number of anilines is 1. The zero-order chi connectivity index (χ0) is 17.1. The number of carbonyl (C=O) groups is 1. The fourth-order valence-electron chi connectivity index (χ4n) is 4.59. The third kappa shape index (κ3) is 3.73. The molecule has 1 aromatic carbocycles. The van der Waals surface area contributed by atoms with E-state index in [4.69, 9.17) is 4.74 Å². The topological polar surface area (TPSA) is 36.0 Å². The molecule has 1 aromatic rings. The summed E-state index contributed by atoms with van der Waals surface area (Å²) >= 11 is 0. The van der Waals surface area contributed by atoms with Gasteiger partial charge in [0.15, 0.2) is 0 Å². The molecule has 3 fully saturated rings. The van der Waals surface area contributed by atoms with Gasteiger partial charge in [-0.3, -0.25) is 14.6 Å². The van der Waals surface area contributed by atoms with Gasteiger partial charge in [-0.25, -0.2) is 0 Å². The summed E-state index contributed by atoms with van der Waals surface area (Å²) in [5.41, 5.74) is 1.04. The van der Waals surface area contributed by atoms with Crippen molar-refractivity contribution >= 4 is 11.6 Å². The molecule has 0 radical (unpaired) electrons. The highest BCUT2D eigenvalue weighted by Crippen LogP contribution is 2.27. The number of hydrogen-bond acceptors (Lipinski definition) is 4. The number of nitrogens with zero attached hydrogens (tertiary/aromatic N) is 3. The number of amides is 1. The van der Waals surface area contributed by atoms with Crippen LogP contribution in [0.5, 0.6) is 0 Å². The Morgan fingerprint density at radius 2 is 1.64 bits per heavy atom. The Labute approximate surface area is 150 Å². The summed E-state index contributed by atoms with van der Waals surface area (Å²) in [6.45, 7) is 6.81. The first kappa shape index (κ1) is 17.0. The van der Waals surface area contributed by atoms with Crippen LogP contribution in [0.15, 0.2) is 30.3 Å². The van der Waals surface area contributed by atoms with Gasteiger partial charge < -0.3 is 9.64 Å².